The van der Waals surface area contributed by atoms with Gasteiger partial charge in [-0.25, -0.2) is 9.18 Å². The van der Waals surface area contributed by atoms with Gasteiger partial charge in [0.05, 0.1) is 5.69 Å². The lowest BCUT2D eigenvalue weighted by atomic mass is 10.2. The van der Waals surface area contributed by atoms with Crippen molar-refractivity contribution in [2.24, 2.45) is 0 Å². The Kier molecular flexibility index (Phi) is 5.37. The van der Waals surface area contributed by atoms with Crippen molar-refractivity contribution in [2.45, 2.75) is 0 Å². The van der Waals surface area contributed by atoms with Gasteiger partial charge in [0.2, 0.25) is 5.91 Å². The first-order chi connectivity index (χ1) is 13.0. The van der Waals surface area contributed by atoms with Gasteiger partial charge < -0.3 is 15.8 Å². The molecule has 3 rings (SSSR count). The minimum atomic E-state index is -0.668. The largest absolute Gasteiger partial charge is 0.454 e. The van der Waals surface area contributed by atoms with E-state index in [2.05, 4.69) is 10.3 Å². The third-order valence-electron chi connectivity index (χ3n) is 3.49. The molecule has 0 aliphatic carbocycles. The number of amides is 1. The Morgan fingerprint density at radius 2 is 2.07 bits per heavy atom. The van der Waals surface area contributed by atoms with E-state index in [1.54, 1.807) is 24.3 Å². The lowest BCUT2D eigenvalue weighted by Crippen LogP contribution is -2.21. The van der Waals surface area contributed by atoms with Gasteiger partial charge >= 0.3 is 5.69 Å². The van der Waals surface area contributed by atoms with Gasteiger partial charge in [0.25, 0.3) is 0 Å². The number of benzene rings is 2. The summed E-state index contributed by atoms with van der Waals surface area (Å²) in [7, 11) is 0. The first-order valence-corrected chi connectivity index (χ1v) is 8.28. The van der Waals surface area contributed by atoms with Gasteiger partial charge in [-0.2, -0.15) is 4.98 Å². The third-order valence-corrected chi connectivity index (χ3v) is 3.73. The van der Waals surface area contributed by atoms with Crippen LogP contribution in [0.15, 0.2) is 59.5 Å². The second-order valence-corrected chi connectivity index (χ2v) is 5.70. The number of carbonyl (C=O) groups excluding carboxylic acids is 1. The summed E-state index contributed by atoms with van der Waals surface area (Å²) >= 11 is 5.40. The van der Waals surface area contributed by atoms with Crippen LogP contribution in [0.4, 0.5) is 15.9 Å². The molecule has 0 aliphatic heterocycles. The molecule has 0 spiro atoms. The summed E-state index contributed by atoms with van der Waals surface area (Å²) < 4.78 is 21.1. The van der Waals surface area contributed by atoms with Crippen molar-refractivity contribution >= 4 is 29.0 Å². The molecule has 0 fully saturated rings. The van der Waals surface area contributed by atoms with Crippen LogP contribution in [0.3, 0.4) is 0 Å². The van der Waals surface area contributed by atoms with Crippen molar-refractivity contribution < 1.29 is 13.9 Å². The number of nitrogen functional groups attached to an aromatic ring is 1. The topological polar surface area (TPSA) is 99.2 Å². The van der Waals surface area contributed by atoms with Gasteiger partial charge in [0.15, 0.2) is 11.6 Å². The number of rotatable bonds is 5. The number of halogens is 2. The maximum Gasteiger partial charge on any atom is 0.354 e. The van der Waals surface area contributed by atoms with Crippen molar-refractivity contribution in [1.82, 2.24) is 9.55 Å². The van der Waals surface area contributed by atoms with Crippen molar-refractivity contribution in [2.75, 3.05) is 16.9 Å². The quantitative estimate of drug-likeness (QED) is 0.655. The molecule has 0 bridgehead atoms. The molecule has 27 heavy (non-hydrogen) atoms. The fraction of sp³-hybridized carbons (Fsp3) is 0.0556. The van der Waals surface area contributed by atoms with Crippen molar-refractivity contribution in [1.29, 1.82) is 0 Å². The van der Waals surface area contributed by atoms with E-state index in [1.807, 2.05) is 0 Å². The molecule has 1 heterocycles. The number of hydrogen-bond acceptors (Lipinski definition) is 5. The normalized spacial score (nSPS) is 10.4. The molecule has 138 valence electrons. The van der Waals surface area contributed by atoms with Gasteiger partial charge in [-0.05, 0) is 30.3 Å². The number of hydrogen-bond donors (Lipinski definition) is 2. The van der Waals surface area contributed by atoms with Gasteiger partial charge in [-0.1, -0.05) is 6.07 Å². The average Bonchev–Trinajstić information content (AvgIpc) is 2.64. The standard InChI is InChI=1S/C18H14ClFN4O3/c19-10-17(25)22-11-4-5-15(14(20)8-11)27-13-3-1-2-12(9-13)24-7-6-16(21)23-18(24)26/h1-9H,10H2,(H,22,25)(H2,21,23,26). The van der Waals surface area contributed by atoms with E-state index in [9.17, 15) is 14.0 Å². The van der Waals surface area contributed by atoms with Crippen molar-refractivity contribution in [3.8, 4) is 17.2 Å². The molecule has 0 saturated carbocycles. The predicted octanol–water partition coefficient (Wildman–Crippen LogP) is 2.92. The van der Waals surface area contributed by atoms with Gasteiger partial charge in [0.1, 0.15) is 17.4 Å². The number of anilines is 2. The van der Waals surface area contributed by atoms with E-state index in [4.69, 9.17) is 22.1 Å². The molecule has 7 nitrogen and oxygen atoms in total. The summed E-state index contributed by atoms with van der Waals surface area (Å²) in [6.07, 6.45) is 1.48. The van der Waals surface area contributed by atoms with Crippen molar-refractivity contribution in [3.05, 3.63) is 71.0 Å². The van der Waals surface area contributed by atoms with Crippen LogP contribution in [-0.4, -0.2) is 21.3 Å². The highest BCUT2D eigenvalue weighted by Crippen LogP contribution is 2.27. The zero-order chi connectivity index (χ0) is 19.4. The van der Waals surface area contributed by atoms with Crippen LogP contribution in [0, 0.1) is 5.82 Å². The van der Waals surface area contributed by atoms with E-state index in [0.717, 1.165) is 6.07 Å². The van der Waals surface area contributed by atoms with E-state index in [-0.39, 0.29) is 23.1 Å². The molecule has 1 amide bonds. The highest BCUT2D eigenvalue weighted by atomic mass is 35.5. The van der Waals surface area contributed by atoms with Crippen LogP contribution in [0.25, 0.3) is 5.69 Å². The maximum atomic E-state index is 14.2. The summed E-state index contributed by atoms with van der Waals surface area (Å²) in [4.78, 5) is 26.9. The molecule has 0 aliphatic rings. The summed E-state index contributed by atoms with van der Waals surface area (Å²) in [6, 6.07) is 12.0. The molecule has 9 heteroatoms. The number of nitrogens with two attached hydrogens (primary N) is 1. The fourth-order valence-electron chi connectivity index (χ4n) is 2.29. The van der Waals surface area contributed by atoms with Crippen LogP contribution in [0.1, 0.15) is 0 Å². The molecular weight excluding hydrogens is 375 g/mol. The molecule has 3 N–H and O–H groups in total. The van der Waals surface area contributed by atoms with Crippen molar-refractivity contribution in [3.63, 3.8) is 0 Å². The van der Waals surface area contributed by atoms with Crippen LogP contribution < -0.4 is 21.5 Å². The number of aromatic nitrogens is 2. The average molecular weight is 389 g/mol. The van der Waals surface area contributed by atoms with Crippen LogP contribution in [0.5, 0.6) is 11.5 Å². The summed E-state index contributed by atoms with van der Waals surface area (Å²) in [5.74, 6) is -0.955. The maximum absolute atomic E-state index is 14.2. The van der Waals surface area contributed by atoms with Gasteiger partial charge in [-0.3, -0.25) is 9.36 Å². The molecule has 0 unspecified atom stereocenters. The SMILES string of the molecule is Nc1ccn(-c2cccc(Oc3ccc(NC(=O)CCl)cc3F)c2)c(=O)n1. The Morgan fingerprint density at radius 3 is 2.78 bits per heavy atom. The minimum absolute atomic E-state index is 0.0428. The number of nitrogens with zero attached hydrogens (tertiary/aromatic N) is 2. The van der Waals surface area contributed by atoms with E-state index in [1.165, 1.54) is 29.0 Å². The number of nitrogens with one attached hydrogen (secondary N) is 1. The highest BCUT2D eigenvalue weighted by Gasteiger charge is 2.09. The van der Waals surface area contributed by atoms with Crippen LogP contribution >= 0.6 is 11.6 Å². The molecule has 0 radical (unpaired) electrons. The molecule has 1 aromatic heterocycles. The lowest BCUT2D eigenvalue weighted by Gasteiger charge is -2.11. The summed E-state index contributed by atoms with van der Waals surface area (Å²) in [5, 5.41) is 2.44. The molecule has 2 aromatic carbocycles. The molecular formula is C18H14ClFN4O3. The first-order valence-electron chi connectivity index (χ1n) is 7.75. The Bertz CT molecular complexity index is 1050. The monoisotopic (exact) mass is 388 g/mol. The number of alkyl halides is 1. The predicted molar refractivity (Wildman–Crippen MR) is 100 cm³/mol. The Hall–Kier alpha value is -3.39. The molecule has 3 aromatic rings. The summed E-state index contributed by atoms with van der Waals surface area (Å²) in [5.41, 5.74) is 5.68. The van der Waals surface area contributed by atoms with Gasteiger partial charge in [0, 0.05) is 24.0 Å². The molecule has 0 saturated heterocycles. The molecule has 0 atom stereocenters. The van der Waals surface area contributed by atoms with E-state index in [0.29, 0.717) is 11.4 Å². The fourth-order valence-corrected chi connectivity index (χ4v) is 2.36. The van der Waals surface area contributed by atoms with E-state index < -0.39 is 17.4 Å². The minimum Gasteiger partial charge on any atom is -0.454 e. The second-order valence-electron chi connectivity index (χ2n) is 5.43. The smallest absolute Gasteiger partial charge is 0.354 e. The highest BCUT2D eigenvalue weighted by molar-refractivity contribution is 6.29. The number of ether oxygens (including phenoxy) is 1. The summed E-state index contributed by atoms with van der Waals surface area (Å²) in [6.45, 7) is 0. The van der Waals surface area contributed by atoms with E-state index >= 15 is 0 Å². The third kappa shape index (κ3) is 4.42. The Morgan fingerprint density at radius 1 is 1.26 bits per heavy atom. The van der Waals surface area contributed by atoms with Crippen LogP contribution in [-0.2, 0) is 4.79 Å². The lowest BCUT2D eigenvalue weighted by molar-refractivity contribution is -0.113. The van der Waals surface area contributed by atoms with Gasteiger partial charge in [-0.15, -0.1) is 11.6 Å². The first kappa shape index (κ1) is 18.4. The van der Waals surface area contributed by atoms with Crippen LogP contribution in [0.2, 0.25) is 0 Å². The second kappa shape index (κ2) is 7.88. The zero-order valence-corrected chi connectivity index (χ0v) is 14.6. The Labute approximate surface area is 158 Å². The Balaban J connectivity index is 1.84. The number of carbonyl (C=O) groups is 1. The zero-order valence-electron chi connectivity index (χ0n) is 13.9.